The number of benzene rings is 3. The number of methoxy groups -OCH3 is 1. The van der Waals surface area contributed by atoms with Crippen molar-refractivity contribution in [1.82, 2.24) is 34.4 Å². The SMILES string of the molecule is COc1ccc2c(=O)n(-c3ccc(Cl)c4c(NS(C)(=O)=O)nn(C)c34)c(C(Cc3cc(F)cc(F)c3)NC(=O)Cn3ccc(C4CC4)n3)nc2c1. The van der Waals surface area contributed by atoms with Gasteiger partial charge in [-0.05, 0) is 60.9 Å². The van der Waals surface area contributed by atoms with Crippen LogP contribution in [0, 0.1) is 11.6 Å². The Balaban J connectivity index is 1.44. The van der Waals surface area contributed by atoms with Gasteiger partial charge in [0.1, 0.15) is 29.8 Å². The maximum Gasteiger partial charge on any atom is 0.266 e. The normalized spacial score (nSPS) is 13.8. The minimum atomic E-state index is -3.79. The zero-order valence-electron chi connectivity index (χ0n) is 27.5. The van der Waals surface area contributed by atoms with Crippen molar-refractivity contribution in [3.63, 3.8) is 0 Å². The number of nitrogens with zero attached hydrogens (tertiary/aromatic N) is 6. The molecule has 1 amide bonds. The summed E-state index contributed by atoms with van der Waals surface area (Å²) >= 11 is 6.60. The minimum absolute atomic E-state index is 0.000326. The molecule has 17 heteroatoms. The third-order valence-corrected chi connectivity index (χ3v) is 9.39. The summed E-state index contributed by atoms with van der Waals surface area (Å²) in [5.41, 5.74) is 1.19. The van der Waals surface area contributed by atoms with Gasteiger partial charge in [-0.3, -0.25) is 28.2 Å². The number of halogens is 3. The molecule has 6 aromatic rings. The maximum atomic E-state index is 14.6. The van der Waals surface area contributed by atoms with E-state index in [9.17, 15) is 26.8 Å². The first kappa shape index (κ1) is 34.1. The smallest absolute Gasteiger partial charge is 0.266 e. The van der Waals surface area contributed by atoms with Crippen LogP contribution in [-0.4, -0.2) is 56.8 Å². The third kappa shape index (κ3) is 7.01. The minimum Gasteiger partial charge on any atom is -0.497 e. The molecule has 3 aromatic heterocycles. The summed E-state index contributed by atoms with van der Waals surface area (Å²) in [6, 6.07) is 11.4. The fourth-order valence-electron chi connectivity index (χ4n) is 6.18. The highest BCUT2D eigenvalue weighted by Gasteiger charge is 2.29. The Kier molecular flexibility index (Phi) is 8.75. The molecule has 0 radical (unpaired) electrons. The zero-order valence-corrected chi connectivity index (χ0v) is 29.1. The van der Waals surface area contributed by atoms with Crippen LogP contribution in [0.5, 0.6) is 5.75 Å². The van der Waals surface area contributed by atoms with Gasteiger partial charge in [-0.2, -0.15) is 10.2 Å². The van der Waals surface area contributed by atoms with Crippen molar-refractivity contribution in [2.45, 2.75) is 37.8 Å². The summed E-state index contributed by atoms with van der Waals surface area (Å²) in [6.07, 6.45) is 4.55. The number of carbonyl (C=O) groups excluding carboxylic acids is 1. The lowest BCUT2D eigenvalue weighted by Crippen LogP contribution is -2.37. The molecule has 1 unspecified atom stereocenters. The molecular formula is C34H31ClF2N8O5S. The average Bonchev–Trinajstić information content (AvgIpc) is 3.72. The van der Waals surface area contributed by atoms with Gasteiger partial charge in [-0.1, -0.05) is 11.6 Å². The van der Waals surface area contributed by atoms with E-state index in [-0.39, 0.29) is 62.7 Å². The third-order valence-electron chi connectivity index (χ3n) is 8.51. The van der Waals surface area contributed by atoms with Crippen molar-refractivity contribution in [1.29, 1.82) is 0 Å². The van der Waals surface area contributed by atoms with Crippen LogP contribution in [0.3, 0.4) is 0 Å². The molecule has 1 fully saturated rings. The molecule has 1 aliphatic carbocycles. The first-order valence-electron chi connectivity index (χ1n) is 15.8. The van der Waals surface area contributed by atoms with Gasteiger partial charge < -0.3 is 10.1 Å². The van der Waals surface area contributed by atoms with Crippen molar-refractivity contribution in [2.75, 3.05) is 18.1 Å². The van der Waals surface area contributed by atoms with Crippen molar-refractivity contribution in [3.8, 4) is 11.4 Å². The lowest BCUT2D eigenvalue weighted by molar-refractivity contribution is -0.122. The molecule has 0 bridgehead atoms. The highest BCUT2D eigenvalue weighted by molar-refractivity contribution is 7.92. The van der Waals surface area contributed by atoms with Crippen molar-refractivity contribution in [2.24, 2.45) is 7.05 Å². The number of carbonyl (C=O) groups is 1. The molecule has 264 valence electrons. The predicted octanol–water partition coefficient (Wildman–Crippen LogP) is 4.76. The standard InChI is InChI=1S/C34H31ClF2N8O5S/c1-43-31-28(9-8-24(35)30(31)32(41-43)42-51(3,48)49)45-33(39-26-16-22(50-2)6-7-23(26)34(45)47)27(14-18-12-20(36)15-21(37)13-18)38-29(46)17-44-11-10-25(40-44)19-4-5-19/h6-13,15-16,19,27H,4-5,14,17H2,1-3H3,(H,38,46)(H,41,42). The number of hydrogen-bond donors (Lipinski definition) is 2. The topological polar surface area (TPSA) is 155 Å². The molecule has 0 saturated heterocycles. The molecule has 3 aromatic carbocycles. The summed E-state index contributed by atoms with van der Waals surface area (Å²) in [5, 5.41) is 12.3. The number of aromatic nitrogens is 6. The Morgan fingerprint density at radius 3 is 2.51 bits per heavy atom. The second kappa shape index (κ2) is 13.1. The van der Waals surface area contributed by atoms with Gasteiger partial charge in [0.2, 0.25) is 15.9 Å². The van der Waals surface area contributed by atoms with Gasteiger partial charge in [0, 0.05) is 37.7 Å². The highest BCUT2D eigenvalue weighted by Crippen LogP contribution is 2.39. The van der Waals surface area contributed by atoms with Crippen LogP contribution in [0.15, 0.2) is 65.6 Å². The summed E-state index contributed by atoms with van der Waals surface area (Å²) in [4.78, 5) is 33.2. The number of rotatable bonds is 11. The summed E-state index contributed by atoms with van der Waals surface area (Å²) in [7, 11) is -0.777. The van der Waals surface area contributed by atoms with E-state index in [1.54, 1.807) is 37.5 Å². The summed E-state index contributed by atoms with van der Waals surface area (Å²) in [5.74, 6) is -1.45. The molecule has 0 spiro atoms. The number of amides is 1. The number of aryl methyl sites for hydroxylation is 1. The van der Waals surface area contributed by atoms with Crippen molar-refractivity contribution in [3.05, 3.63) is 105 Å². The molecular weight excluding hydrogens is 706 g/mol. The van der Waals surface area contributed by atoms with E-state index in [1.165, 1.54) is 27.1 Å². The Morgan fingerprint density at radius 1 is 1.08 bits per heavy atom. The molecule has 1 aliphatic rings. The van der Waals surface area contributed by atoms with Gasteiger partial charge in [-0.25, -0.2) is 22.2 Å². The molecule has 3 heterocycles. The van der Waals surface area contributed by atoms with Crippen LogP contribution >= 0.6 is 11.6 Å². The van der Waals surface area contributed by atoms with Gasteiger partial charge in [0.25, 0.3) is 5.56 Å². The van der Waals surface area contributed by atoms with Gasteiger partial charge in [0.15, 0.2) is 5.82 Å². The van der Waals surface area contributed by atoms with E-state index in [0.717, 1.165) is 43.0 Å². The number of fused-ring (bicyclic) bond motifs is 2. The zero-order chi connectivity index (χ0) is 36.2. The summed E-state index contributed by atoms with van der Waals surface area (Å²) in [6.45, 7) is -0.181. The number of anilines is 1. The maximum absolute atomic E-state index is 14.6. The van der Waals surface area contributed by atoms with Gasteiger partial charge >= 0.3 is 0 Å². The Labute approximate surface area is 294 Å². The first-order valence-corrected chi connectivity index (χ1v) is 18.1. The second-order valence-electron chi connectivity index (χ2n) is 12.4. The molecule has 2 N–H and O–H groups in total. The second-order valence-corrected chi connectivity index (χ2v) is 14.6. The van der Waals surface area contributed by atoms with Crippen LogP contribution in [0.25, 0.3) is 27.5 Å². The van der Waals surface area contributed by atoms with Crippen LogP contribution in [0.4, 0.5) is 14.6 Å². The van der Waals surface area contributed by atoms with E-state index < -0.39 is 39.2 Å². The largest absolute Gasteiger partial charge is 0.497 e. The molecule has 1 saturated carbocycles. The van der Waals surface area contributed by atoms with E-state index in [1.807, 2.05) is 6.07 Å². The number of hydrogen-bond acceptors (Lipinski definition) is 8. The van der Waals surface area contributed by atoms with Crippen LogP contribution in [-0.2, 0) is 34.8 Å². The van der Waals surface area contributed by atoms with Crippen molar-refractivity contribution >= 4 is 55.2 Å². The molecule has 51 heavy (non-hydrogen) atoms. The van der Waals surface area contributed by atoms with Gasteiger partial charge in [0.05, 0.1) is 57.6 Å². The molecule has 7 rings (SSSR count). The summed E-state index contributed by atoms with van der Waals surface area (Å²) < 4.78 is 65.3. The Morgan fingerprint density at radius 2 is 1.82 bits per heavy atom. The van der Waals surface area contributed by atoms with Crippen LogP contribution < -0.4 is 20.3 Å². The van der Waals surface area contributed by atoms with E-state index >= 15 is 0 Å². The molecule has 1 atom stereocenters. The van der Waals surface area contributed by atoms with E-state index in [2.05, 4.69) is 20.2 Å². The molecule has 0 aliphatic heterocycles. The molecule has 13 nitrogen and oxygen atoms in total. The highest BCUT2D eigenvalue weighted by atomic mass is 35.5. The van der Waals surface area contributed by atoms with E-state index in [4.69, 9.17) is 21.3 Å². The predicted molar refractivity (Wildman–Crippen MR) is 187 cm³/mol. The Hall–Kier alpha value is -5.35. The van der Waals surface area contributed by atoms with E-state index in [0.29, 0.717) is 11.7 Å². The monoisotopic (exact) mass is 736 g/mol. The fourth-order valence-corrected chi connectivity index (χ4v) is 6.92. The number of sulfonamides is 1. The number of ether oxygens (including phenoxy) is 1. The first-order chi connectivity index (χ1) is 24.3. The van der Waals surface area contributed by atoms with Crippen LogP contribution in [0.2, 0.25) is 5.02 Å². The lowest BCUT2D eigenvalue weighted by Gasteiger charge is -2.24. The number of nitrogens with one attached hydrogen (secondary N) is 2. The average molecular weight is 737 g/mol. The lowest BCUT2D eigenvalue weighted by atomic mass is 10.0. The fraction of sp³-hybridized carbons (Fsp3) is 0.265. The Bertz CT molecular complexity index is 2510. The van der Waals surface area contributed by atoms with Crippen LogP contribution in [0.1, 0.15) is 41.9 Å². The quantitative estimate of drug-likeness (QED) is 0.193. The van der Waals surface area contributed by atoms with Crippen molar-refractivity contribution < 1.29 is 26.7 Å². The van der Waals surface area contributed by atoms with Gasteiger partial charge in [-0.15, -0.1) is 0 Å².